The molecule has 0 unspecified atom stereocenters. The standard InChI is InChI=1S/C12H18N4O/c1-4-10-6-11(16(3)14-10)7-13-8-12-5-9(2)15-17-12/h5-6,13H,4,7-8H2,1-3H3. The Labute approximate surface area is 101 Å². The monoisotopic (exact) mass is 234 g/mol. The zero-order valence-electron chi connectivity index (χ0n) is 10.5. The number of aryl methyl sites for hydroxylation is 3. The van der Waals surface area contributed by atoms with Crippen molar-refractivity contribution in [2.45, 2.75) is 33.4 Å². The molecule has 0 aliphatic rings. The molecule has 0 atom stereocenters. The van der Waals surface area contributed by atoms with E-state index in [1.54, 1.807) is 0 Å². The number of rotatable bonds is 5. The molecule has 0 spiro atoms. The second-order valence-electron chi connectivity index (χ2n) is 4.14. The van der Waals surface area contributed by atoms with Crippen LogP contribution >= 0.6 is 0 Å². The highest BCUT2D eigenvalue weighted by Crippen LogP contribution is 2.05. The van der Waals surface area contributed by atoms with Crippen molar-refractivity contribution in [3.05, 3.63) is 35.0 Å². The molecule has 92 valence electrons. The topological polar surface area (TPSA) is 55.9 Å². The fourth-order valence-electron chi connectivity index (χ4n) is 1.72. The molecule has 0 aromatic carbocycles. The van der Waals surface area contributed by atoms with Crippen LogP contribution in [0.25, 0.3) is 0 Å². The predicted molar refractivity (Wildman–Crippen MR) is 64.4 cm³/mol. The Morgan fingerprint density at radius 1 is 1.35 bits per heavy atom. The number of hydrogen-bond donors (Lipinski definition) is 1. The molecule has 0 saturated heterocycles. The van der Waals surface area contributed by atoms with E-state index in [0.717, 1.165) is 30.1 Å². The summed E-state index contributed by atoms with van der Waals surface area (Å²) >= 11 is 0. The van der Waals surface area contributed by atoms with Crippen molar-refractivity contribution in [2.75, 3.05) is 0 Å². The maximum Gasteiger partial charge on any atom is 0.150 e. The Balaban J connectivity index is 1.87. The summed E-state index contributed by atoms with van der Waals surface area (Å²) < 4.78 is 7.04. The van der Waals surface area contributed by atoms with E-state index >= 15 is 0 Å². The molecule has 2 rings (SSSR count). The Morgan fingerprint density at radius 3 is 2.76 bits per heavy atom. The van der Waals surface area contributed by atoms with Gasteiger partial charge in [0.1, 0.15) is 0 Å². The first-order chi connectivity index (χ1) is 8.19. The quantitative estimate of drug-likeness (QED) is 0.853. The van der Waals surface area contributed by atoms with Crippen molar-refractivity contribution in [3.8, 4) is 0 Å². The van der Waals surface area contributed by atoms with Crippen LogP contribution in [0, 0.1) is 6.92 Å². The minimum Gasteiger partial charge on any atom is -0.360 e. The highest BCUT2D eigenvalue weighted by molar-refractivity contribution is 5.10. The van der Waals surface area contributed by atoms with Crippen LogP contribution in [0.15, 0.2) is 16.7 Å². The molecule has 0 aliphatic carbocycles. The lowest BCUT2D eigenvalue weighted by molar-refractivity contribution is 0.368. The first-order valence-electron chi connectivity index (χ1n) is 5.83. The Bertz CT molecular complexity index is 486. The summed E-state index contributed by atoms with van der Waals surface area (Å²) in [5, 5.41) is 11.6. The van der Waals surface area contributed by atoms with Crippen molar-refractivity contribution in [2.24, 2.45) is 7.05 Å². The number of hydrogen-bond acceptors (Lipinski definition) is 4. The highest BCUT2D eigenvalue weighted by atomic mass is 16.5. The van der Waals surface area contributed by atoms with E-state index in [4.69, 9.17) is 4.52 Å². The number of nitrogens with zero attached hydrogens (tertiary/aromatic N) is 3. The van der Waals surface area contributed by atoms with Gasteiger partial charge in [-0.2, -0.15) is 5.10 Å². The normalized spacial score (nSPS) is 11.0. The van der Waals surface area contributed by atoms with Crippen molar-refractivity contribution in [1.82, 2.24) is 20.3 Å². The second kappa shape index (κ2) is 5.14. The molecule has 5 heteroatoms. The van der Waals surface area contributed by atoms with Crippen LogP contribution < -0.4 is 5.32 Å². The molecule has 0 aliphatic heterocycles. The predicted octanol–water partition coefficient (Wildman–Crippen LogP) is 1.57. The van der Waals surface area contributed by atoms with Crippen molar-refractivity contribution in [3.63, 3.8) is 0 Å². The summed E-state index contributed by atoms with van der Waals surface area (Å²) in [5.41, 5.74) is 3.22. The van der Waals surface area contributed by atoms with Gasteiger partial charge in [0.15, 0.2) is 5.76 Å². The molecular formula is C12H18N4O. The number of nitrogens with one attached hydrogen (secondary N) is 1. The van der Waals surface area contributed by atoms with E-state index in [1.807, 2.05) is 24.7 Å². The SMILES string of the molecule is CCc1cc(CNCc2cc(C)no2)n(C)n1. The molecule has 17 heavy (non-hydrogen) atoms. The van der Waals surface area contributed by atoms with Gasteiger partial charge in [-0.1, -0.05) is 12.1 Å². The van der Waals surface area contributed by atoms with Gasteiger partial charge in [-0.3, -0.25) is 4.68 Å². The van der Waals surface area contributed by atoms with E-state index in [-0.39, 0.29) is 0 Å². The third-order valence-corrected chi connectivity index (χ3v) is 2.67. The van der Waals surface area contributed by atoms with Gasteiger partial charge in [-0.15, -0.1) is 0 Å². The van der Waals surface area contributed by atoms with Crippen molar-refractivity contribution >= 4 is 0 Å². The van der Waals surface area contributed by atoms with Gasteiger partial charge in [-0.05, 0) is 19.4 Å². The third kappa shape index (κ3) is 2.94. The van der Waals surface area contributed by atoms with E-state index < -0.39 is 0 Å². The zero-order chi connectivity index (χ0) is 12.3. The van der Waals surface area contributed by atoms with Crippen LogP contribution in [0.5, 0.6) is 0 Å². The summed E-state index contributed by atoms with van der Waals surface area (Å²) in [6.07, 6.45) is 0.967. The largest absolute Gasteiger partial charge is 0.360 e. The first kappa shape index (κ1) is 11.9. The number of aromatic nitrogens is 3. The first-order valence-corrected chi connectivity index (χ1v) is 5.83. The molecule has 2 aromatic rings. The average molecular weight is 234 g/mol. The smallest absolute Gasteiger partial charge is 0.150 e. The van der Waals surface area contributed by atoms with Crippen LogP contribution in [-0.2, 0) is 26.6 Å². The minimum atomic E-state index is 0.688. The molecule has 0 bridgehead atoms. The van der Waals surface area contributed by atoms with Gasteiger partial charge in [-0.25, -0.2) is 0 Å². The van der Waals surface area contributed by atoms with Crippen molar-refractivity contribution < 1.29 is 4.52 Å². The lowest BCUT2D eigenvalue weighted by Crippen LogP contribution is -2.14. The minimum absolute atomic E-state index is 0.688. The van der Waals surface area contributed by atoms with E-state index in [0.29, 0.717) is 6.54 Å². The third-order valence-electron chi connectivity index (χ3n) is 2.67. The molecule has 2 aromatic heterocycles. The fourth-order valence-corrected chi connectivity index (χ4v) is 1.72. The van der Waals surface area contributed by atoms with Gasteiger partial charge in [0.2, 0.25) is 0 Å². The van der Waals surface area contributed by atoms with E-state index in [2.05, 4.69) is 28.6 Å². The van der Waals surface area contributed by atoms with Gasteiger partial charge in [0, 0.05) is 19.7 Å². The molecule has 0 saturated carbocycles. The van der Waals surface area contributed by atoms with Crippen LogP contribution in [0.2, 0.25) is 0 Å². The summed E-state index contributed by atoms with van der Waals surface area (Å²) in [5.74, 6) is 0.861. The molecule has 0 fully saturated rings. The van der Waals surface area contributed by atoms with E-state index in [1.165, 1.54) is 5.69 Å². The Hall–Kier alpha value is -1.62. The lowest BCUT2D eigenvalue weighted by atomic mass is 10.3. The maximum atomic E-state index is 5.12. The maximum absolute atomic E-state index is 5.12. The Kier molecular flexibility index (Phi) is 3.58. The molecule has 1 N–H and O–H groups in total. The van der Waals surface area contributed by atoms with Crippen molar-refractivity contribution in [1.29, 1.82) is 0 Å². The van der Waals surface area contributed by atoms with Crippen LogP contribution in [0.4, 0.5) is 0 Å². The Morgan fingerprint density at radius 2 is 2.18 bits per heavy atom. The van der Waals surface area contributed by atoms with Crippen LogP contribution in [-0.4, -0.2) is 14.9 Å². The van der Waals surface area contributed by atoms with Gasteiger partial charge >= 0.3 is 0 Å². The van der Waals surface area contributed by atoms with Crippen LogP contribution in [0.1, 0.15) is 29.8 Å². The summed E-state index contributed by atoms with van der Waals surface area (Å²) in [6.45, 7) is 5.50. The van der Waals surface area contributed by atoms with Gasteiger partial charge in [0.05, 0.1) is 23.6 Å². The highest BCUT2D eigenvalue weighted by Gasteiger charge is 2.04. The summed E-state index contributed by atoms with van der Waals surface area (Å²) in [4.78, 5) is 0. The fraction of sp³-hybridized carbons (Fsp3) is 0.500. The summed E-state index contributed by atoms with van der Waals surface area (Å²) in [7, 11) is 1.97. The molecule has 0 amide bonds. The lowest BCUT2D eigenvalue weighted by Gasteiger charge is -2.02. The average Bonchev–Trinajstić information content (AvgIpc) is 2.86. The van der Waals surface area contributed by atoms with Gasteiger partial charge < -0.3 is 9.84 Å². The molecule has 0 radical (unpaired) electrons. The zero-order valence-corrected chi connectivity index (χ0v) is 10.5. The molecule has 2 heterocycles. The van der Waals surface area contributed by atoms with Crippen LogP contribution in [0.3, 0.4) is 0 Å². The second-order valence-corrected chi connectivity index (χ2v) is 4.14. The summed E-state index contributed by atoms with van der Waals surface area (Å²) in [6, 6.07) is 4.06. The molecular weight excluding hydrogens is 216 g/mol. The van der Waals surface area contributed by atoms with Gasteiger partial charge in [0.25, 0.3) is 0 Å². The molecule has 5 nitrogen and oxygen atoms in total. The van der Waals surface area contributed by atoms with E-state index in [9.17, 15) is 0 Å².